The number of carbonyl (C=O) groups is 1. The predicted octanol–water partition coefficient (Wildman–Crippen LogP) is 4.16. The number of methoxy groups -OCH3 is 1. The average molecular weight is 325 g/mol. The second-order valence-corrected chi connectivity index (χ2v) is 6.14. The van der Waals surface area contributed by atoms with Crippen molar-refractivity contribution in [2.45, 2.75) is 44.6 Å². The highest BCUT2D eigenvalue weighted by Crippen LogP contribution is 2.29. The highest BCUT2D eigenvalue weighted by molar-refractivity contribution is 9.10. The van der Waals surface area contributed by atoms with Crippen LogP contribution in [-0.4, -0.2) is 19.0 Å². The van der Waals surface area contributed by atoms with Crippen LogP contribution in [0.4, 0.5) is 0 Å². The van der Waals surface area contributed by atoms with E-state index in [1.54, 1.807) is 7.11 Å². The Labute approximate surface area is 123 Å². The average Bonchev–Trinajstić information content (AvgIpc) is 2.43. The molecule has 0 N–H and O–H groups in total. The zero-order chi connectivity index (χ0) is 13.7. The molecular formula is C16H21BrO2. The highest BCUT2D eigenvalue weighted by Gasteiger charge is 2.29. The van der Waals surface area contributed by atoms with Crippen LogP contribution in [-0.2, 0) is 16.0 Å². The van der Waals surface area contributed by atoms with Crippen LogP contribution in [0.3, 0.4) is 0 Å². The molecule has 1 fully saturated rings. The summed E-state index contributed by atoms with van der Waals surface area (Å²) in [5.41, 5.74) is 1.05. The third kappa shape index (κ3) is 3.90. The molecule has 1 unspecified atom stereocenters. The summed E-state index contributed by atoms with van der Waals surface area (Å²) in [5, 5.41) is 0. The van der Waals surface area contributed by atoms with E-state index in [0.717, 1.165) is 22.9 Å². The standard InChI is InChI=1S/C16H21BrO2/c1-19-16(12-7-3-2-4-8-12)15(18)11-13-9-5-6-10-14(13)17/h5-6,9-10,12,16H,2-4,7-8,11H2,1H3. The number of ketones is 1. The zero-order valence-corrected chi connectivity index (χ0v) is 13.0. The van der Waals surface area contributed by atoms with Gasteiger partial charge in [0.2, 0.25) is 0 Å². The smallest absolute Gasteiger partial charge is 0.166 e. The van der Waals surface area contributed by atoms with Gasteiger partial charge in [-0.1, -0.05) is 53.4 Å². The molecule has 104 valence electrons. The maximum Gasteiger partial charge on any atom is 0.166 e. The molecule has 1 aromatic rings. The minimum atomic E-state index is -0.229. The third-order valence-electron chi connectivity index (χ3n) is 3.97. The summed E-state index contributed by atoms with van der Waals surface area (Å²) in [5.74, 6) is 0.620. The summed E-state index contributed by atoms with van der Waals surface area (Å²) in [6, 6.07) is 7.91. The normalized spacial score (nSPS) is 18.2. The van der Waals surface area contributed by atoms with Gasteiger partial charge in [-0.2, -0.15) is 0 Å². The molecule has 0 aromatic heterocycles. The van der Waals surface area contributed by atoms with Crippen molar-refractivity contribution in [1.82, 2.24) is 0 Å². The maximum absolute atomic E-state index is 12.4. The lowest BCUT2D eigenvalue weighted by atomic mass is 9.82. The van der Waals surface area contributed by atoms with Crippen molar-refractivity contribution in [2.24, 2.45) is 5.92 Å². The topological polar surface area (TPSA) is 26.3 Å². The molecule has 2 nitrogen and oxygen atoms in total. The van der Waals surface area contributed by atoms with E-state index in [1.165, 1.54) is 19.3 Å². The van der Waals surface area contributed by atoms with Crippen molar-refractivity contribution in [3.05, 3.63) is 34.3 Å². The Bertz CT molecular complexity index is 425. The minimum absolute atomic E-state index is 0.210. The van der Waals surface area contributed by atoms with Crippen LogP contribution >= 0.6 is 15.9 Å². The van der Waals surface area contributed by atoms with E-state index in [9.17, 15) is 4.79 Å². The van der Waals surface area contributed by atoms with E-state index in [0.29, 0.717) is 12.3 Å². The van der Waals surface area contributed by atoms with Gasteiger partial charge in [-0.25, -0.2) is 0 Å². The van der Waals surface area contributed by atoms with Crippen molar-refractivity contribution >= 4 is 21.7 Å². The largest absolute Gasteiger partial charge is 0.373 e. The number of hydrogen-bond acceptors (Lipinski definition) is 2. The molecule has 1 aliphatic rings. The number of hydrogen-bond donors (Lipinski definition) is 0. The molecule has 2 rings (SSSR count). The fraction of sp³-hybridized carbons (Fsp3) is 0.562. The number of carbonyl (C=O) groups excluding carboxylic acids is 1. The van der Waals surface area contributed by atoms with Crippen molar-refractivity contribution < 1.29 is 9.53 Å². The van der Waals surface area contributed by atoms with E-state index < -0.39 is 0 Å². The van der Waals surface area contributed by atoms with Gasteiger partial charge in [0.1, 0.15) is 6.10 Å². The molecule has 19 heavy (non-hydrogen) atoms. The van der Waals surface area contributed by atoms with Gasteiger partial charge in [0.15, 0.2) is 5.78 Å². The summed E-state index contributed by atoms with van der Waals surface area (Å²) >= 11 is 3.50. The summed E-state index contributed by atoms with van der Waals surface area (Å²) in [6.45, 7) is 0. The van der Waals surface area contributed by atoms with Crippen molar-refractivity contribution in [3.63, 3.8) is 0 Å². The van der Waals surface area contributed by atoms with Crippen LogP contribution < -0.4 is 0 Å². The number of ether oxygens (including phenoxy) is 1. The van der Waals surface area contributed by atoms with Gasteiger partial charge in [-0.15, -0.1) is 0 Å². The van der Waals surface area contributed by atoms with Crippen LogP contribution in [0.25, 0.3) is 0 Å². The lowest BCUT2D eigenvalue weighted by Crippen LogP contribution is -2.34. The fourth-order valence-electron chi connectivity index (χ4n) is 2.95. The van der Waals surface area contributed by atoms with Crippen LogP contribution in [0.1, 0.15) is 37.7 Å². The Morgan fingerprint density at radius 1 is 1.32 bits per heavy atom. The number of rotatable bonds is 5. The Morgan fingerprint density at radius 3 is 2.63 bits per heavy atom. The van der Waals surface area contributed by atoms with Gasteiger partial charge >= 0.3 is 0 Å². The summed E-state index contributed by atoms with van der Waals surface area (Å²) in [4.78, 5) is 12.4. The zero-order valence-electron chi connectivity index (χ0n) is 11.4. The first-order chi connectivity index (χ1) is 9.22. The van der Waals surface area contributed by atoms with Gasteiger partial charge in [-0.3, -0.25) is 4.79 Å². The van der Waals surface area contributed by atoms with Crippen molar-refractivity contribution in [2.75, 3.05) is 7.11 Å². The second-order valence-electron chi connectivity index (χ2n) is 5.29. The lowest BCUT2D eigenvalue weighted by molar-refractivity contribution is -0.132. The molecule has 1 aliphatic carbocycles. The van der Waals surface area contributed by atoms with E-state index in [-0.39, 0.29) is 11.9 Å². The first kappa shape index (κ1) is 14.7. The van der Waals surface area contributed by atoms with Gasteiger partial charge in [0.05, 0.1) is 0 Å². The molecule has 0 amide bonds. The summed E-state index contributed by atoms with van der Waals surface area (Å²) < 4.78 is 6.50. The molecule has 0 spiro atoms. The molecular weight excluding hydrogens is 304 g/mol. The summed E-state index contributed by atoms with van der Waals surface area (Å²) in [6.07, 6.45) is 6.23. The molecule has 1 saturated carbocycles. The predicted molar refractivity (Wildman–Crippen MR) is 80.2 cm³/mol. The van der Waals surface area contributed by atoms with Crippen molar-refractivity contribution in [3.8, 4) is 0 Å². The monoisotopic (exact) mass is 324 g/mol. The quantitative estimate of drug-likeness (QED) is 0.813. The number of halogens is 1. The minimum Gasteiger partial charge on any atom is -0.373 e. The number of Topliss-reactive ketones (excluding diaryl/α,β-unsaturated/α-hetero) is 1. The molecule has 0 saturated heterocycles. The van der Waals surface area contributed by atoms with Gasteiger partial charge in [0.25, 0.3) is 0 Å². The van der Waals surface area contributed by atoms with E-state index in [1.807, 2.05) is 24.3 Å². The van der Waals surface area contributed by atoms with Crippen LogP contribution in [0.2, 0.25) is 0 Å². The molecule has 1 atom stereocenters. The molecule has 0 bridgehead atoms. The summed E-state index contributed by atoms with van der Waals surface area (Å²) in [7, 11) is 1.66. The molecule has 0 heterocycles. The molecule has 0 radical (unpaired) electrons. The fourth-order valence-corrected chi connectivity index (χ4v) is 3.38. The lowest BCUT2D eigenvalue weighted by Gasteiger charge is -2.28. The maximum atomic E-state index is 12.4. The Morgan fingerprint density at radius 2 is 2.00 bits per heavy atom. The third-order valence-corrected chi connectivity index (χ3v) is 4.75. The Balaban J connectivity index is 2.02. The number of benzene rings is 1. The van der Waals surface area contributed by atoms with Crippen LogP contribution in [0, 0.1) is 5.92 Å². The van der Waals surface area contributed by atoms with Crippen LogP contribution in [0.5, 0.6) is 0 Å². The first-order valence-electron chi connectivity index (χ1n) is 7.01. The second kappa shape index (κ2) is 7.20. The molecule has 3 heteroatoms. The van der Waals surface area contributed by atoms with Crippen molar-refractivity contribution in [1.29, 1.82) is 0 Å². The Hall–Kier alpha value is -0.670. The molecule has 0 aliphatic heterocycles. The van der Waals surface area contributed by atoms with Gasteiger partial charge < -0.3 is 4.74 Å². The van der Waals surface area contributed by atoms with E-state index in [4.69, 9.17) is 4.74 Å². The van der Waals surface area contributed by atoms with Gasteiger partial charge in [0, 0.05) is 18.0 Å². The highest BCUT2D eigenvalue weighted by atomic mass is 79.9. The Kier molecular flexibility index (Phi) is 5.59. The van der Waals surface area contributed by atoms with E-state index >= 15 is 0 Å². The van der Waals surface area contributed by atoms with E-state index in [2.05, 4.69) is 15.9 Å². The van der Waals surface area contributed by atoms with Crippen LogP contribution in [0.15, 0.2) is 28.7 Å². The first-order valence-corrected chi connectivity index (χ1v) is 7.80. The SMILES string of the molecule is COC(C(=O)Cc1ccccc1Br)C1CCCCC1. The molecule has 1 aromatic carbocycles. The van der Waals surface area contributed by atoms with Gasteiger partial charge in [-0.05, 0) is 30.4 Å².